The molecule has 1 spiro atoms. The monoisotopic (exact) mass is 389 g/mol. The summed E-state index contributed by atoms with van der Waals surface area (Å²) in [5, 5.41) is 0. The first-order valence-electron chi connectivity index (χ1n) is 11.3. The van der Waals surface area contributed by atoms with E-state index in [-0.39, 0.29) is 59.9 Å². The topological polar surface area (TPSA) is 65.1 Å². The molecule has 1 aliphatic carbocycles. The highest BCUT2D eigenvalue weighted by atomic mass is 16.6. The number of ether oxygens (including phenoxy) is 3. The number of rotatable bonds is 2. The van der Waals surface area contributed by atoms with Crippen molar-refractivity contribution < 1.29 is 23.8 Å². The van der Waals surface area contributed by atoms with E-state index >= 15 is 0 Å². The van der Waals surface area contributed by atoms with Crippen LogP contribution >= 0.6 is 0 Å². The molecule has 6 nitrogen and oxygen atoms in total. The van der Waals surface area contributed by atoms with Gasteiger partial charge in [-0.1, -0.05) is 20.8 Å². The van der Waals surface area contributed by atoms with Gasteiger partial charge in [-0.15, -0.1) is 0 Å². The van der Waals surface area contributed by atoms with Crippen LogP contribution in [-0.2, 0) is 23.8 Å². The van der Waals surface area contributed by atoms with Crippen LogP contribution in [0.1, 0.15) is 59.3 Å². The fraction of sp³-hybridized carbons (Fsp3) is 0.909. The molecule has 0 amide bonds. The lowest BCUT2D eigenvalue weighted by Gasteiger charge is -2.64. The van der Waals surface area contributed by atoms with Gasteiger partial charge in [0, 0.05) is 23.7 Å². The van der Waals surface area contributed by atoms with Crippen LogP contribution in [0.25, 0.3) is 0 Å². The molecular weight excluding hydrogens is 358 g/mol. The van der Waals surface area contributed by atoms with Crippen LogP contribution in [0.2, 0.25) is 0 Å². The van der Waals surface area contributed by atoms with Gasteiger partial charge >= 0.3 is 11.9 Å². The van der Waals surface area contributed by atoms with Gasteiger partial charge in [0.25, 0.3) is 0 Å². The maximum atomic E-state index is 12.5. The van der Waals surface area contributed by atoms with Crippen LogP contribution < -0.4 is 0 Å². The van der Waals surface area contributed by atoms with Crippen LogP contribution in [0.4, 0.5) is 0 Å². The first-order valence-corrected chi connectivity index (χ1v) is 11.3. The molecule has 6 fully saturated rings. The van der Waals surface area contributed by atoms with E-state index < -0.39 is 0 Å². The van der Waals surface area contributed by atoms with Gasteiger partial charge in [0.05, 0.1) is 17.9 Å². The molecule has 154 valence electrons. The highest BCUT2D eigenvalue weighted by Crippen LogP contribution is 2.68. The third-order valence-corrected chi connectivity index (χ3v) is 9.06. The number of hydrogen-bond acceptors (Lipinski definition) is 6. The summed E-state index contributed by atoms with van der Waals surface area (Å²) in [4.78, 5) is 27.3. The SMILES string of the molecule is CCC1C2OC(=O)C(C)C2C2CC(C3CC(C)C(=O)O3)N3C4CCCC1[C@]23O4. The highest BCUT2D eigenvalue weighted by Gasteiger charge is 2.77. The summed E-state index contributed by atoms with van der Waals surface area (Å²) >= 11 is 0. The summed E-state index contributed by atoms with van der Waals surface area (Å²) in [6, 6.07) is 0.220. The number of hydrogen-bond donors (Lipinski definition) is 0. The van der Waals surface area contributed by atoms with E-state index in [1.807, 2.05) is 13.8 Å². The van der Waals surface area contributed by atoms with Gasteiger partial charge in [-0.05, 0) is 38.5 Å². The minimum Gasteiger partial charge on any atom is -0.462 e. The molecule has 1 saturated carbocycles. The van der Waals surface area contributed by atoms with Crippen molar-refractivity contribution in [3.63, 3.8) is 0 Å². The van der Waals surface area contributed by atoms with Crippen molar-refractivity contribution >= 4 is 11.9 Å². The molecule has 2 bridgehead atoms. The zero-order chi connectivity index (χ0) is 19.4. The van der Waals surface area contributed by atoms with Gasteiger partial charge < -0.3 is 14.2 Å². The Morgan fingerprint density at radius 1 is 1.07 bits per heavy atom. The second-order valence-corrected chi connectivity index (χ2v) is 10.1. The lowest BCUT2D eigenvalue weighted by atomic mass is 9.57. The Balaban J connectivity index is 1.43. The summed E-state index contributed by atoms with van der Waals surface area (Å²) < 4.78 is 18.6. The zero-order valence-electron chi connectivity index (χ0n) is 17.0. The Labute approximate surface area is 166 Å². The van der Waals surface area contributed by atoms with Crippen molar-refractivity contribution in [2.75, 3.05) is 0 Å². The molecule has 5 heterocycles. The van der Waals surface area contributed by atoms with E-state index in [1.54, 1.807) is 0 Å². The molecule has 5 saturated heterocycles. The quantitative estimate of drug-likeness (QED) is 0.677. The lowest BCUT2D eigenvalue weighted by molar-refractivity contribution is -0.400. The van der Waals surface area contributed by atoms with Crippen LogP contribution in [0.5, 0.6) is 0 Å². The van der Waals surface area contributed by atoms with Gasteiger partial charge in [0.2, 0.25) is 0 Å². The van der Waals surface area contributed by atoms with Crippen molar-refractivity contribution in [3.8, 4) is 0 Å². The van der Waals surface area contributed by atoms with Crippen molar-refractivity contribution in [3.05, 3.63) is 0 Å². The van der Waals surface area contributed by atoms with Gasteiger partial charge in [-0.25, -0.2) is 4.90 Å². The van der Waals surface area contributed by atoms with Crippen LogP contribution in [-0.4, -0.2) is 47.0 Å². The number of cyclic esters (lactones) is 1. The third-order valence-electron chi connectivity index (χ3n) is 9.06. The molecule has 28 heavy (non-hydrogen) atoms. The van der Waals surface area contributed by atoms with Crippen LogP contribution in [0.3, 0.4) is 0 Å². The first-order chi connectivity index (χ1) is 13.5. The molecule has 10 unspecified atom stereocenters. The van der Waals surface area contributed by atoms with E-state index in [0.717, 1.165) is 38.5 Å². The standard InChI is InChI=1S/C22H31NO5/c1-4-12-13-6-5-7-17-23-15(16-8-10(2)20(24)26-16)9-14(22(13,23)28-17)18-11(3)21(25)27-19(12)18/h10-19H,4-9H2,1-3H3/t10?,11?,12?,13?,14?,15?,16?,17?,18?,19?,22-/m0/s1. The van der Waals surface area contributed by atoms with Crippen molar-refractivity contribution in [1.29, 1.82) is 0 Å². The Morgan fingerprint density at radius 2 is 1.89 bits per heavy atom. The Kier molecular flexibility index (Phi) is 3.61. The summed E-state index contributed by atoms with van der Waals surface area (Å²) in [7, 11) is 0. The molecule has 6 rings (SSSR count). The summed E-state index contributed by atoms with van der Waals surface area (Å²) in [5.41, 5.74) is -0.270. The van der Waals surface area contributed by atoms with Gasteiger partial charge in [-0.3, -0.25) is 9.59 Å². The van der Waals surface area contributed by atoms with Crippen molar-refractivity contribution in [2.24, 2.45) is 35.5 Å². The maximum absolute atomic E-state index is 12.5. The summed E-state index contributed by atoms with van der Waals surface area (Å²) in [5.74, 6) is 1.09. The summed E-state index contributed by atoms with van der Waals surface area (Å²) in [6.45, 7) is 6.24. The maximum Gasteiger partial charge on any atom is 0.309 e. The molecule has 11 atom stereocenters. The molecule has 6 heteroatoms. The molecule has 0 aromatic heterocycles. The lowest BCUT2D eigenvalue weighted by Crippen LogP contribution is -2.76. The number of carbonyl (C=O) groups is 2. The third kappa shape index (κ3) is 1.92. The predicted octanol–water partition coefficient (Wildman–Crippen LogP) is 2.70. The van der Waals surface area contributed by atoms with Crippen molar-refractivity contribution in [2.45, 2.75) is 89.5 Å². The molecule has 0 aromatic carbocycles. The average molecular weight is 389 g/mol. The minimum atomic E-state index is -0.270. The normalized spacial score (nSPS) is 57.1. The van der Waals surface area contributed by atoms with Gasteiger partial charge in [0.15, 0.2) is 0 Å². The van der Waals surface area contributed by atoms with E-state index in [0.29, 0.717) is 17.8 Å². The minimum absolute atomic E-state index is 0.0170. The number of nitrogens with zero attached hydrogens (tertiary/aromatic N) is 1. The fourth-order valence-corrected chi connectivity index (χ4v) is 8.01. The van der Waals surface area contributed by atoms with Crippen LogP contribution in [0, 0.1) is 35.5 Å². The van der Waals surface area contributed by atoms with Crippen LogP contribution in [0.15, 0.2) is 0 Å². The first kappa shape index (κ1) is 17.7. The second-order valence-electron chi connectivity index (χ2n) is 10.1. The smallest absolute Gasteiger partial charge is 0.309 e. The number of fused-ring (bicyclic) bond motifs is 2. The van der Waals surface area contributed by atoms with Gasteiger partial charge in [-0.2, -0.15) is 0 Å². The molecule has 5 aliphatic heterocycles. The largest absolute Gasteiger partial charge is 0.462 e. The summed E-state index contributed by atoms with van der Waals surface area (Å²) in [6.07, 6.45) is 6.27. The zero-order valence-corrected chi connectivity index (χ0v) is 17.0. The average Bonchev–Trinajstić information content (AvgIpc) is 3.10. The molecule has 0 N–H and O–H groups in total. The molecule has 0 radical (unpaired) electrons. The fourth-order valence-electron chi connectivity index (χ4n) is 8.01. The predicted molar refractivity (Wildman–Crippen MR) is 98.7 cm³/mol. The van der Waals surface area contributed by atoms with Gasteiger partial charge in [0.1, 0.15) is 24.2 Å². The molecule has 0 aromatic rings. The Morgan fingerprint density at radius 3 is 2.61 bits per heavy atom. The van der Waals surface area contributed by atoms with E-state index in [2.05, 4.69) is 11.8 Å². The number of esters is 2. The van der Waals surface area contributed by atoms with E-state index in [4.69, 9.17) is 14.2 Å². The highest BCUT2D eigenvalue weighted by molar-refractivity contribution is 5.75. The Bertz CT molecular complexity index is 726. The number of carbonyl (C=O) groups excluding carboxylic acids is 2. The molecular formula is C22H31NO5. The van der Waals surface area contributed by atoms with E-state index in [1.165, 1.54) is 0 Å². The molecule has 6 aliphatic rings. The van der Waals surface area contributed by atoms with E-state index in [9.17, 15) is 9.59 Å². The Hall–Kier alpha value is -1.14. The van der Waals surface area contributed by atoms with Crippen molar-refractivity contribution in [1.82, 2.24) is 4.90 Å². The second kappa shape index (κ2) is 5.72.